The van der Waals surface area contributed by atoms with E-state index in [0.29, 0.717) is 36.5 Å². The number of ether oxygens (including phenoxy) is 2. The molecule has 0 aromatic heterocycles. The SMILES string of the molecule is CC1CC2C3CC(CC(=O)OC45CC6CC(CC(COC(=O)C(F)(F)SOO[O-])(C6)C4)C5)C(C3)C2C1. The third-order valence-electron chi connectivity index (χ3n) is 10.6. The second-order valence-electron chi connectivity index (χ2n) is 13.2. The Morgan fingerprint density at radius 1 is 1.00 bits per heavy atom. The number of hydrogen-bond acceptors (Lipinski definition) is 8. The van der Waals surface area contributed by atoms with E-state index in [1.165, 1.54) is 19.3 Å². The summed E-state index contributed by atoms with van der Waals surface area (Å²) in [5.41, 5.74) is -1.04. The molecule has 7 fully saturated rings. The lowest BCUT2D eigenvalue weighted by atomic mass is 9.48. The van der Waals surface area contributed by atoms with Crippen molar-refractivity contribution in [3.05, 3.63) is 0 Å². The van der Waals surface area contributed by atoms with Gasteiger partial charge < -0.3 is 14.7 Å². The van der Waals surface area contributed by atoms with Gasteiger partial charge in [-0.05, 0) is 112 Å². The van der Waals surface area contributed by atoms with Crippen molar-refractivity contribution < 1.29 is 42.5 Å². The molecule has 0 aromatic carbocycles. The number of alkyl halides is 2. The number of rotatable bonds is 9. The Morgan fingerprint density at radius 2 is 1.72 bits per heavy atom. The molecule has 7 aliphatic carbocycles. The normalized spacial score (nSPS) is 46.2. The lowest BCUT2D eigenvalue weighted by Gasteiger charge is -2.60. The number of carbonyl (C=O) groups is 2. The summed E-state index contributed by atoms with van der Waals surface area (Å²) in [6.07, 6.45) is 10.3. The first-order chi connectivity index (χ1) is 17.1. The van der Waals surface area contributed by atoms with E-state index < -0.39 is 34.3 Å². The highest BCUT2D eigenvalue weighted by Gasteiger charge is 2.61. The Kier molecular flexibility index (Phi) is 6.37. The Morgan fingerprint density at radius 3 is 2.44 bits per heavy atom. The Labute approximate surface area is 214 Å². The van der Waals surface area contributed by atoms with Crippen molar-refractivity contribution in [2.45, 2.75) is 88.4 Å². The van der Waals surface area contributed by atoms with Crippen molar-refractivity contribution in [1.82, 2.24) is 0 Å². The first-order valence-electron chi connectivity index (χ1n) is 13.5. The Balaban J connectivity index is 1.08. The minimum Gasteiger partial charge on any atom is -0.691 e. The molecule has 6 bridgehead atoms. The van der Waals surface area contributed by atoms with E-state index in [9.17, 15) is 23.6 Å². The fourth-order valence-electron chi connectivity index (χ4n) is 10.3. The van der Waals surface area contributed by atoms with Crippen LogP contribution in [0.25, 0.3) is 0 Å². The first kappa shape index (κ1) is 25.3. The summed E-state index contributed by atoms with van der Waals surface area (Å²) in [4.78, 5) is 25.2. The molecule has 0 heterocycles. The van der Waals surface area contributed by atoms with Crippen molar-refractivity contribution in [2.24, 2.45) is 52.8 Å². The smallest absolute Gasteiger partial charge is 0.415 e. The lowest BCUT2D eigenvalue weighted by Crippen LogP contribution is -2.59. The van der Waals surface area contributed by atoms with E-state index in [-0.39, 0.29) is 12.6 Å². The summed E-state index contributed by atoms with van der Waals surface area (Å²) in [6, 6.07) is 0. The maximum atomic E-state index is 13.8. The van der Waals surface area contributed by atoms with Crippen molar-refractivity contribution in [2.75, 3.05) is 6.61 Å². The van der Waals surface area contributed by atoms with Crippen LogP contribution in [0.3, 0.4) is 0 Å². The molecule has 7 nitrogen and oxygen atoms in total. The summed E-state index contributed by atoms with van der Waals surface area (Å²) in [5, 5.41) is 8.72. The van der Waals surface area contributed by atoms with E-state index in [0.717, 1.165) is 62.2 Å². The van der Waals surface area contributed by atoms with Gasteiger partial charge in [0, 0.05) is 11.8 Å². The van der Waals surface area contributed by atoms with Gasteiger partial charge in [-0.1, -0.05) is 6.92 Å². The zero-order valence-corrected chi connectivity index (χ0v) is 21.4. The van der Waals surface area contributed by atoms with E-state index in [1.807, 2.05) is 0 Å². The van der Waals surface area contributed by atoms with Crippen LogP contribution in [0.4, 0.5) is 8.78 Å². The van der Waals surface area contributed by atoms with Crippen LogP contribution in [-0.4, -0.2) is 29.4 Å². The van der Waals surface area contributed by atoms with Crippen LogP contribution in [-0.2, 0) is 28.4 Å². The van der Waals surface area contributed by atoms with Crippen LogP contribution in [0.2, 0.25) is 0 Å². The van der Waals surface area contributed by atoms with Crippen LogP contribution in [0.1, 0.15) is 77.6 Å². The molecule has 7 rings (SSSR count). The van der Waals surface area contributed by atoms with Crippen molar-refractivity contribution in [1.29, 1.82) is 0 Å². The molecule has 202 valence electrons. The Bertz CT molecular complexity index is 886. The van der Waals surface area contributed by atoms with Crippen LogP contribution >= 0.6 is 12.0 Å². The van der Waals surface area contributed by atoms with Crippen LogP contribution in [0.15, 0.2) is 0 Å². The zero-order valence-electron chi connectivity index (χ0n) is 20.6. The van der Waals surface area contributed by atoms with Gasteiger partial charge in [0.25, 0.3) is 0 Å². The Hall–Kier alpha value is -0.970. The molecule has 0 aromatic rings. The molecule has 0 aliphatic heterocycles. The molecule has 36 heavy (non-hydrogen) atoms. The van der Waals surface area contributed by atoms with Gasteiger partial charge in [0.1, 0.15) is 17.6 Å². The predicted octanol–water partition coefficient (Wildman–Crippen LogP) is 4.58. The minimum atomic E-state index is -4.05. The molecule has 7 aliphatic rings. The maximum Gasteiger partial charge on any atom is 0.415 e. The average Bonchev–Trinajstić information content (AvgIpc) is 3.46. The van der Waals surface area contributed by atoms with E-state index in [1.54, 1.807) is 0 Å². The molecule has 7 saturated carbocycles. The van der Waals surface area contributed by atoms with Gasteiger partial charge in [0.15, 0.2) is 0 Å². The van der Waals surface area contributed by atoms with Crippen molar-refractivity contribution >= 4 is 24.0 Å². The molecule has 0 spiro atoms. The van der Waals surface area contributed by atoms with Crippen molar-refractivity contribution in [3.8, 4) is 0 Å². The molecule has 0 N–H and O–H groups in total. The molecular formula is C26H35F2O7S-. The van der Waals surface area contributed by atoms with Gasteiger partial charge in [0.2, 0.25) is 0 Å². The molecule has 10 heteroatoms. The number of esters is 2. The van der Waals surface area contributed by atoms with E-state index in [4.69, 9.17) is 9.47 Å². The van der Waals surface area contributed by atoms with Gasteiger partial charge in [-0.25, -0.2) is 4.79 Å². The summed E-state index contributed by atoms with van der Waals surface area (Å²) in [6.45, 7) is 2.20. The summed E-state index contributed by atoms with van der Waals surface area (Å²) in [7, 11) is 0. The third-order valence-corrected chi connectivity index (χ3v) is 11.1. The minimum absolute atomic E-state index is 0.109. The number of hydrogen-bond donors (Lipinski definition) is 0. The highest BCUT2D eigenvalue weighted by atomic mass is 32.2. The van der Waals surface area contributed by atoms with Crippen molar-refractivity contribution in [3.63, 3.8) is 0 Å². The van der Waals surface area contributed by atoms with Crippen LogP contribution in [0.5, 0.6) is 0 Å². The topological polar surface area (TPSA) is 94.1 Å². The van der Waals surface area contributed by atoms with Gasteiger partial charge in [-0.2, -0.15) is 13.1 Å². The van der Waals surface area contributed by atoms with E-state index >= 15 is 0 Å². The van der Waals surface area contributed by atoms with Gasteiger partial charge >= 0.3 is 17.2 Å². The number of fused-ring (bicyclic) bond motifs is 5. The molecular weight excluding hydrogens is 494 g/mol. The van der Waals surface area contributed by atoms with Crippen LogP contribution in [0, 0.1) is 52.8 Å². The largest absolute Gasteiger partial charge is 0.691 e. The summed E-state index contributed by atoms with van der Waals surface area (Å²) in [5.74, 6) is 3.14. The third kappa shape index (κ3) is 4.47. The second-order valence-corrected chi connectivity index (χ2v) is 14.0. The standard InChI is InChI=1S/C26H36F2O7S/c1-14-2-19-17-5-18(20(6-17)21(19)3-14)7-22(29)33-25-10-15-4-16(11-25)9-24(8-15,12-25)13-32-23(30)26(27,28)36-35-34-31/h14-21,31H,2-13H2,1H3/p-1. The fraction of sp³-hybridized carbons (Fsp3) is 0.923. The number of carbonyl (C=O) groups excluding carboxylic acids is 2. The fourth-order valence-corrected chi connectivity index (χ4v) is 10.5. The second kappa shape index (κ2) is 9.06. The molecule has 0 amide bonds. The average molecular weight is 530 g/mol. The van der Waals surface area contributed by atoms with Gasteiger partial charge in [-0.3, -0.25) is 9.83 Å². The molecule has 8 atom stereocenters. The van der Waals surface area contributed by atoms with E-state index in [2.05, 4.69) is 16.3 Å². The predicted molar refractivity (Wildman–Crippen MR) is 121 cm³/mol. The highest BCUT2D eigenvalue weighted by Crippen LogP contribution is 2.64. The number of halogens is 2. The maximum absolute atomic E-state index is 13.8. The zero-order chi connectivity index (χ0) is 25.3. The monoisotopic (exact) mass is 529 g/mol. The van der Waals surface area contributed by atoms with Gasteiger partial charge in [-0.15, -0.1) is 0 Å². The summed E-state index contributed by atoms with van der Waals surface area (Å²) < 4.78 is 42.7. The quantitative estimate of drug-likeness (QED) is 0.185. The lowest BCUT2D eigenvalue weighted by molar-refractivity contribution is -0.777. The molecule has 0 saturated heterocycles. The molecule has 0 radical (unpaired) electrons. The van der Waals surface area contributed by atoms with Gasteiger partial charge in [0.05, 0.1) is 6.61 Å². The van der Waals surface area contributed by atoms with Crippen LogP contribution < -0.4 is 5.26 Å². The first-order valence-corrected chi connectivity index (χ1v) is 14.2. The summed E-state index contributed by atoms with van der Waals surface area (Å²) >= 11 is -0.675. The highest BCUT2D eigenvalue weighted by molar-refractivity contribution is 7.96. The molecule has 8 unspecified atom stereocenters.